The molecule has 0 fully saturated rings. The van der Waals surface area contributed by atoms with Gasteiger partial charge in [0.15, 0.2) is 0 Å². The molecule has 0 saturated heterocycles. The van der Waals surface area contributed by atoms with Gasteiger partial charge in [-0.05, 0) is 44.9 Å². The van der Waals surface area contributed by atoms with E-state index in [1.54, 1.807) is 14.2 Å². The Morgan fingerprint density at radius 3 is 2.33 bits per heavy atom. The van der Waals surface area contributed by atoms with Gasteiger partial charge in [-0.15, -0.1) is 0 Å². The van der Waals surface area contributed by atoms with Crippen molar-refractivity contribution in [3.63, 3.8) is 0 Å². The molecule has 0 aliphatic heterocycles. The van der Waals surface area contributed by atoms with E-state index in [0.717, 1.165) is 18.0 Å². The standard InChI is InChI=1S/C15H25NO2/c1-11(10-16-15(2,3)4)13-9-12(17-5)7-8-14(13)18-6/h7-9,11,16H,10H2,1-6H3. The molecule has 1 rings (SSSR count). The molecular formula is C15H25NO2. The van der Waals surface area contributed by atoms with E-state index in [9.17, 15) is 0 Å². The lowest BCUT2D eigenvalue weighted by atomic mass is 9.98. The smallest absolute Gasteiger partial charge is 0.122 e. The van der Waals surface area contributed by atoms with Gasteiger partial charge in [0.2, 0.25) is 0 Å². The molecule has 18 heavy (non-hydrogen) atoms. The first kappa shape index (κ1) is 14.8. The third-order valence-electron chi connectivity index (χ3n) is 2.91. The van der Waals surface area contributed by atoms with E-state index >= 15 is 0 Å². The maximum absolute atomic E-state index is 5.41. The zero-order chi connectivity index (χ0) is 13.8. The zero-order valence-corrected chi connectivity index (χ0v) is 12.3. The van der Waals surface area contributed by atoms with Crippen LogP contribution in [-0.4, -0.2) is 26.3 Å². The van der Waals surface area contributed by atoms with E-state index in [1.807, 2.05) is 18.2 Å². The molecule has 102 valence electrons. The summed E-state index contributed by atoms with van der Waals surface area (Å²) < 4.78 is 10.7. The number of benzene rings is 1. The van der Waals surface area contributed by atoms with Crippen molar-refractivity contribution in [3.8, 4) is 11.5 Å². The van der Waals surface area contributed by atoms with Gasteiger partial charge in [-0.2, -0.15) is 0 Å². The van der Waals surface area contributed by atoms with Crippen LogP contribution in [-0.2, 0) is 0 Å². The highest BCUT2D eigenvalue weighted by Gasteiger charge is 2.16. The molecule has 0 heterocycles. The minimum Gasteiger partial charge on any atom is -0.497 e. The van der Waals surface area contributed by atoms with Crippen molar-refractivity contribution < 1.29 is 9.47 Å². The van der Waals surface area contributed by atoms with Gasteiger partial charge in [0.05, 0.1) is 14.2 Å². The van der Waals surface area contributed by atoms with Gasteiger partial charge >= 0.3 is 0 Å². The topological polar surface area (TPSA) is 30.5 Å². The molecule has 0 saturated carbocycles. The summed E-state index contributed by atoms with van der Waals surface area (Å²) in [5.41, 5.74) is 1.30. The summed E-state index contributed by atoms with van der Waals surface area (Å²) >= 11 is 0. The molecule has 3 heteroatoms. The predicted molar refractivity (Wildman–Crippen MR) is 75.7 cm³/mol. The second-order valence-electron chi connectivity index (χ2n) is 5.64. The van der Waals surface area contributed by atoms with Gasteiger partial charge in [-0.1, -0.05) is 6.92 Å². The fourth-order valence-electron chi connectivity index (χ4n) is 1.79. The Bertz CT molecular complexity index is 383. The second-order valence-corrected chi connectivity index (χ2v) is 5.64. The molecule has 1 unspecified atom stereocenters. The van der Waals surface area contributed by atoms with E-state index in [2.05, 4.69) is 33.0 Å². The molecule has 0 amide bonds. The van der Waals surface area contributed by atoms with Gasteiger partial charge in [0.1, 0.15) is 11.5 Å². The largest absolute Gasteiger partial charge is 0.497 e. The summed E-state index contributed by atoms with van der Waals surface area (Å²) in [4.78, 5) is 0. The molecule has 0 aromatic heterocycles. The van der Waals surface area contributed by atoms with Gasteiger partial charge in [0.25, 0.3) is 0 Å². The quantitative estimate of drug-likeness (QED) is 0.871. The molecule has 0 spiro atoms. The number of nitrogens with one attached hydrogen (secondary N) is 1. The summed E-state index contributed by atoms with van der Waals surface area (Å²) in [6, 6.07) is 5.93. The summed E-state index contributed by atoms with van der Waals surface area (Å²) in [6.45, 7) is 9.61. The first-order valence-electron chi connectivity index (χ1n) is 6.34. The third-order valence-corrected chi connectivity index (χ3v) is 2.91. The highest BCUT2D eigenvalue weighted by molar-refractivity contribution is 5.42. The number of hydrogen-bond donors (Lipinski definition) is 1. The van der Waals surface area contributed by atoms with Gasteiger partial charge in [-0.3, -0.25) is 0 Å². The maximum Gasteiger partial charge on any atom is 0.122 e. The lowest BCUT2D eigenvalue weighted by Gasteiger charge is -2.24. The highest BCUT2D eigenvalue weighted by Crippen LogP contribution is 2.30. The van der Waals surface area contributed by atoms with Crippen LogP contribution in [0.5, 0.6) is 11.5 Å². The lowest BCUT2D eigenvalue weighted by Crippen LogP contribution is -2.38. The fourth-order valence-corrected chi connectivity index (χ4v) is 1.79. The van der Waals surface area contributed by atoms with E-state index in [1.165, 1.54) is 5.56 Å². The van der Waals surface area contributed by atoms with E-state index in [-0.39, 0.29) is 5.54 Å². The van der Waals surface area contributed by atoms with Crippen molar-refractivity contribution in [1.29, 1.82) is 0 Å². The van der Waals surface area contributed by atoms with Gasteiger partial charge < -0.3 is 14.8 Å². The van der Waals surface area contributed by atoms with Crippen LogP contribution in [0.4, 0.5) is 0 Å². The molecule has 1 aromatic carbocycles. The van der Waals surface area contributed by atoms with Crippen molar-refractivity contribution in [2.75, 3.05) is 20.8 Å². The van der Waals surface area contributed by atoms with Crippen LogP contribution in [0, 0.1) is 0 Å². The molecule has 0 bridgehead atoms. The Morgan fingerprint density at radius 2 is 1.83 bits per heavy atom. The third kappa shape index (κ3) is 4.22. The normalized spacial score (nSPS) is 13.2. The Kier molecular flexibility index (Phi) is 5.03. The summed E-state index contributed by atoms with van der Waals surface area (Å²) in [7, 11) is 3.39. The van der Waals surface area contributed by atoms with E-state index < -0.39 is 0 Å². The van der Waals surface area contributed by atoms with Crippen LogP contribution in [0.1, 0.15) is 39.2 Å². The Balaban J connectivity index is 2.85. The molecule has 0 radical (unpaired) electrons. The zero-order valence-electron chi connectivity index (χ0n) is 12.3. The van der Waals surface area contributed by atoms with Crippen LogP contribution in [0.2, 0.25) is 0 Å². The average Bonchev–Trinajstić information content (AvgIpc) is 2.34. The van der Waals surface area contributed by atoms with E-state index in [4.69, 9.17) is 9.47 Å². The first-order valence-corrected chi connectivity index (χ1v) is 6.34. The van der Waals surface area contributed by atoms with Crippen molar-refractivity contribution in [1.82, 2.24) is 5.32 Å². The molecule has 1 atom stereocenters. The number of hydrogen-bond acceptors (Lipinski definition) is 3. The predicted octanol–water partition coefficient (Wildman–Crippen LogP) is 3.20. The average molecular weight is 251 g/mol. The maximum atomic E-state index is 5.41. The van der Waals surface area contributed by atoms with Crippen LogP contribution in [0.3, 0.4) is 0 Å². The minimum absolute atomic E-state index is 0.125. The van der Waals surface area contributed by atoms with E-state index in [0.29, 0.717) is 5.92 Å². The lowest BCUT2D eigenvalue weighted by molar-refractivity contribution is 0.384. The molecule has 0 aliphatic carbocycles. The van der Waals surface area contributed by atoms with Crippen LogP contribution < -0.4 is 14.8 Å². The second kappa shape index (κ2) is 6.10. The molecule has 1 N–H and O–H groups in total. The van der Waals surface area contributed by atoms with Crippen molar-refractivity contribution in [2.24, 2.45) is 0 Å². The summed E-state index contributed by atoms with van der Waals surface area (Å²) in [5.74, 6) is 2.15. The first-order chi connectivity index (χ1) is 8.37. The highest BCUT2D eigenvalue weighted by atomic mass is 16.5. The molecule has 3 nitrogen and oxygen atoms in total. The molecule has 1 aromatic rings. The van der Waals surface area contributed by atoms with Gasteiger partial charge in [-0.25, -0.2) is 0 Å². The number of rotatable bonds is 5. The van der Waals surface area contributed by atoms with Gasteiger partial charge in [0, 0.05) is 17.6 Å². The van der Waals surface area contributed by atoms with Crippen LogP contribution >= 0.6 is 0 Å². The van der Waals surface area contributed by atoms with Crippen molar-refractivity contribution in [3.05, 3.63) is 23.8 Å². The summed E-state index contributed by atoms with van der Waals surface area (Å²) in [5, 5.41) is 3.51. The van der Waals surface area contributed by atoms with Crippen molar-refractivity contribution in [2.45, 2.75) is 39.2 Å². The van der Waals surface area contributed by atoms with Crippen molar-refractivity contribution >= 4 is 0 Å². The monoisotopic (exact) mass is 251 g/mol. The Labute approximate surface area is 110 Å². The van der Waals surface area contributed by atoms with Crippen LogP contribution in [0.15, 0.2) is 18.2 Å². The number of ether oxygens (including phenoxy) is 2. The fraction of sp³-hybridized carbons (Fsp3) is 0.600. The summed E-state index contributed by atoms with van der Waals surface area (Å²) in [6.07, 6.45) is 0. The minimum atomic E-state index is 0.125. The van der Waals surface area contributed by atoms with Crippen LogP contribution in [0.25, 0.3) is 0 Å². The Morgan fingerprint density at radius 1 is 1.17 bits per heavy atom. The molecular weight excluding hydrogens is 226 g/mol. The number of methoxy groups -OCH3 is 2. The SMILES string of the molecule is COc1ccc(OC)c(C(C)CNC(C)(C)C)c1. The molecule has 0 aliphatic rings. The Hall–Kier alpha value is -1.22.